The number of aryl methyl sites for hydroxylation is 1. The van der Waals surface area contributed by atoms with Gasteiger partial charge in [-0.2, -0.15) is 0 Å². The maximum Gasteiger partial charge on any atom is 0.163 e. The Bertz CT molecular complexity index is 605. The summed E-state index contributed by atoms with van der Waals surface area (Å²) in [5, 5.41) is 0. The number of hydrogen-bond acceptors (Lipinski definition) is 3. The van der Waals surface area contributed by atoms with Crippen LogP contribution in [0, 0.1) is 0 Å². The number of Topliss-reactive ketones (excluding diaryl/α,β-unsaturated/α-hetero) is 1. The Kier molecular flexibility index (Phi) is 5.38. The summed E-state index contributed by atoms with van der Waals surface area (Å²) in [5.74, 6) is 1.68. The maximum atomic E-state index is 12.2. The third-order valence-electron chi connectivity index (χ3n) is 3.24. The van der Waals surface area contributed by atoms with Crippen LogP contribution < -0.4 is 9.47 Å². The minimum Gasteiger partial charge on any atom is -0.497 e. The minimum atomic E-state index is 0.121. The van der Waals surface area contributed by atoms with Crippen molar-refractivity contribution in [3.05, 3.63) is 59.7 Å². The van der Waals surface area contributed by atoms with Crippen molar-refractivity contribution in [2.24, 2.45) is 0 Å². The quantitative estimate of drug-likeness (QED) is 0.723. The number of ether oxygens (including phenoxy) is 2. The van der Waals surface area contributed by atoms with Crippen molar-refractivity contribution in [2.45, 2.75) is 19.8 Å². The standard InChI is InChI=1S/C18H20O3/c1-3-21-17-9-4-6-14(12-17)10-11-18(19)15-7-5-8-16(13-15)20-2/h4-9,12-13H,3,10-11H2,1-2H3. The molecule has 0 bridgehead atoms. The lowest BCUT2D eigenvalue weighted by Gasteiger charge is -2.06. The van der Waals surface area contributed by atoms with Crippen LogP contribution in [0.2, 0.25) is 0 Å². The molecule has 21 heavy (non-hydrogen) atoms. The van der Waals surface area contributed by atoms with Crippen molar-refractivity contribution in [2.75, 3.05) is 13.7 Å². The molecule has 0 unspecified atom stereocenters. The first kappa shape index (κ1) is 15.1. The Hall–Kier alpha value is -2.29. The average molecular weight is 284 g/mol. The van der Waals surface area contributed by atoms with Crippen molar-refractivity contribution in [1.82, 2.24) is 0 Å². The number of carbonyl (C=O) groups excluding carboxylic acids is 1. The van der Waals surface area contributed by atoms with Gasteiger partial charge in [-0.1, -0.05) is 24.3 Å². The number of benzene rings is 2. The van der Waals surface area contributed by atoms with Crippen molar-refractivity contribution in [3.63, 3.8) is 0 Å². The van der Waals surface area contributed by atoms with Crippen molar-refractivity contribution < 1.29 is 14.3 Å². The van der Waals surface area contributed by atoms with Crippen LogP contribution in [0.1, 0.15) is 29.3 Å². The molecule has 0 aliphatic rings. The minimum absolute atomic E-state index is 0.121. The Morgan fingerprint density at radius 2 is 1.81 bits per heavy atom. The lowest BCUT2D eigenvalue weighted by Crippen LogP contribution is -2.02. The Labute approximate surface area is 125 Å². The summed E-state index contributed by atoms with van der Waals surface area (Å²) in [4.78, 5) is 12.2. The molecule has 0 saturated carbocycles. The molecule has 0 saturated heterocycles. The van der Waals surface area contributed by atoms with Crippen LogP contribution in [0.4, 0.5) is 0 Å². The van der Waals surface area contributed by atoms with Crippen LogP contribution in [-0.2, 0) is 6.42 Å². The molecule has 110 valence electrons. The van der Waals surface area contributed by atoms with E-state index in [1.807, 2.05) is 49.4 Å². The highest BCUT2D eigenvalue weighted by Gasteiger charge is 2.07. The van der Waals surface area contributed by atoms with Gasteiger partial charge in [-0.3, -0.25) is 4.79 Å². The predicted octanol–water partition coefficient (Wildman–Crippen LogP) is 3.91. The van der Waals surface area contributed by atoms with E-state index < -0.39 is 0 Å². The number of ketones is 1. The van der Waals surface area contributed by atoms with Gasteiger partial charge in [0.1, 0.15) is 11.5 Å². The fourth-order valence-electron chi connectivity index (χ4n) is 2.16. The van der Waals surface area contributed by atoms with Gasteiger partial charge in [0, 0.05) is 12.0 Å². The Balaban J connectivity index is 1.98. The van der Waals surface area contributed by atoms with E-state index in [4.69, 9.17) is 9.47 Å². The third-order valence-corrected chi connectivity index (χ3v) is 3.24. The Morgan fingerprint density at radius 3 is 2.57 bits per heavy atom. The molecule has 0 amide bonds. The fraction of sp³-hybridized carbons (Fsp3) is 0.278. The molecule has 0 radical (unpaired) electrons. The van der Waals surface area contributed by atoms with Gasteiger partial charge in [0.25, 0.3) is 0 Å². The maximum absolute atomic E-state index is 12.2. The fourth-order valence-corrected chi connectivity index (χ4v) is 2.16. The molecular formula is C18H20O3. The highest BCUT2D eigenvalue weighted by Crippen LogP contribution is 2.17. The van der Waals surface area contributed by atoms with E-state index in [-0.39, 0.29) is 5.78 Å². The van der Waals surface area contributed by atoms with E-state index in [1.54, 1.807) is 13.2 Å². The predicted molar refractivity (Wildman–Crippen MR) is 83.3 cm³/mol. The summed E-state index contributed by atoms with van der Waals surface area (Å²) < 4.78 is 10.6. The first-order chi connectivity index (χ1) is 10.2. The van der Waals surface area contributed by atoms with Gasteiger partial charge < -0.3 is 9.47 Å². The molecule has 0 aliphatic heterocycles. The van der Waals surface area contributed by atoms with E-state index in [0.717, 1.165) is 11.3 Å². The van der Waals surface area contributed by atoms with Crippen LogP contribution in [0.15, 0.2) is 48.5 Å². The van der Waals surface area contributed by atoms with E-state index in [9.17, 15) is 4.79 Å². The molecule has 0 heterocycles. The molecule has 2 aromatic rings. The average Bonchev–Trinajstić information content (AvgIpc) is 2.53. The lowest BCUT2D eigenvalue weighted by atomic mass is 10.0. The molecule has 2 rings (SSSR count). The first-order valence-electron chi connectivity index (χ1n) is 7.12. The molecule has 0 aromatic heterocycles. The number of rotatable bonds is 7. The molecule has 0 aliphatic carbocycles. The summed E-state index contributed by atoms with van der Waals surface area (Å²) in [7, 11) is 1.60. The summed E-state index contributed by atoms with van der Waals surface area (Å²) in [6, 6.07) is 15.2. The highest BCUT2D eigenvalue weighted by atomic mass is 16.5. The van der Waals surface area contributed by atoms with E-state index in [2.05, 4.69) is 0 Å². The van der Waals surface area contributed by atoms with Gasteiger partial charge in [0.05, 0.1) is 13.7 Å². The van der Waals surface area contributed by atoms with E-state index in [1.165, 1.54) is 0 Å². The second kappa shape index (κ2) is 7.48. The Morgan fingerprint density at radius 1 is 1.05 bits per heavy atom. The lowest BCUT2D eigenvalue weighted by molar-refractivity contribution is 0.0982. The van der Waals surface area contributed by atoms with Crippen LogP contribution >= 0.6 is 0 Å². The van der Waals surface area contributed by atoms with Gasteiger partial charge in [0.15, 0.2) is 5.78 Å². The van der Waals surface area contributed by atoms with Crippen LogP contribution in [-0.4, -0.2) is 19.5 Å². The highest BCUT2D eigenvalue weighted by molar-refractivity contribution is 5.96. The number of methoxy groups -OCH3 is 1. The summed E-state index contributed by atoms with van der Waals surface area (Å²) in [6.07, 6.45) is 1.18. The van der Waals surface area contributed by atoms with Gasteiger partial charge in [-0.15, -0.1) is 0 Å². The van der Waals surface area contributed by atoms with Crippen molar-refractivity contribution in [1.29, 1.82) is 0 Å². The zero-order valence-corrected chi connectivity index (χ0v) is 12.5. The molecular weight excluding hydrogens is 264 g/mol. The van der Waals surface area contributed by atoms with Crippen molar-refractivity contribution >= 4 is 5.78 Å². The summed E-state index contributed by atoms with van der Waals surface area (Å²) in [6.45, 7) is 2.60. The SMILES string of the molecule is CCOc1cccc(CCC(=O)c2cccc(OC)c2)c1. The largest absolute Gasteiger partial charge is 0.497 e. The van der Waals surface area contributed by atoms with E-state index in [0.29, 0.717) is 30.8 Å². The molecule has 0 N–H and O–H groups in total. The second-order valence-electron chi connectivity index (χ2n) is 4.74. The number of carbonyl (C=O) groups is 1. The zero-order chi connectivity index (χ0) is 15.1. The van der Waals surface area contributed by atoms with Gasteiger partial charge in [0.2, 0.25) is 0 Å². The molecule has 3 nitrogen and oxygen atoms in total. The van der Waals surface area contributed by atoms with Crippen molar-refractivity contribution in [3.8, 4) is 11.5 Å². The summed E-state index contributed by atoms with van der Waals surface area (Å²) >= 11 is 0. The van der Waals surface area contributed by atoms with Crippen LogP contribution in [0.25, 0.3) is 0 Å². The third kappa shape index (κ3) is 4.35. The van der Waals surface area contributed by atoms with Gasteiger partial charge >= 0.3 is 0 Å². The zero-order valence-electron chi connectivity index (χ0n) is 12.5. The molecule has 0 fully saturated rings. The molecule has 3 heteroatoms. The van der Waals surface area contributed by atoms with Crippen LogP contribution in [0.3, 0.4) is 0 Å². The van der Waals surface area contributed by atoms with Gasteiger partial charge in [-0.25, -0.2) is 0 Å². The summed E-state index contributed by atoms with van der Waals surface area (Å²) in [5.41, 5.74) is 1.80. The van der Waals surface area contributed by atoms with Gasteiger partial charge in [-0.05, 0) is 43.2 Å². The molecule has 2 aromatic carbocycles. The normalized spacial score (nSPS) is 10.2. The molecule has 0 spiro atoms. The second-order valence-corrected chi connectivity index (χ2v) is 4.74. The smallest absolute Gasteiger partial charge is 0.163 e. The van der Waals surface area contributed by atoms with E-state index >= 15 is 0 Å². The van der Waals surface area contributed by atoms with Crippen LogP contribution in [0.5, 0.6) is 11.5 Å². The number of hydrogen-bond donors (Lipinski definition) is 0. The topological polar surface area (TPSA) is 35.5 Å². The molecule has 0 atom stereocenters. The monoisotopic (exact) mass is 284 g/mol. The first-order valence-corrected chi connectivity index (χ1v) is 7.12.